The van der Waals surface area contributed by atoms with Gasteiger partial charge in [-0.3, -0.25) is 0 Å². The molecule has 0 aliphatic heterocycles. The SMILES string of the molecule is Cn1c(CCO)nc(Br)c1-c1ccc2[nH]c(=O)[nH]c2c1. The highest BCUT2D eigenvalue weighted by molar-refractivity contribution is 9.10. The number of hydrogen-bond acceptors (Lipinski definition) is 3. The average Bonchev–Trinajstić information content (AvgIpc) is 2.89. The fourth-order valence-electron chi connectivity index (χ4n) is 2.32. The van der Waals surface area contributed by atoms with E-state index in [2.05, 4.69) is 30.9 Å². The zero-order chi connectivity index (χ0) is 14.3. The van der Waals surface area contributed by atoms with Gasteiger partial charge in [0.05, 0.1) is 23.3 Å². The molecule has 104 valence electrons. The molecule has 0 atom stereocenters. The first-order chi connectivity index (χ1) is 9.60. The second-order valence-electron chi connectivity index (χ2n) is 4.54. The number of nitrogens with one attached hydrogen (secondary N) is 2. The lowest BCUT2D eigenvalue weighted by atomic mass is 10.1. The van der Waals surface area contributed by atoms with E-state index in [-0.39, 0.29) is 12.3 Å². The number of fused-ring (bicyclic) bond motifs is 1. The zero-order valence-electron chi connectivity index (χ0n) is 10.8. The van der Waals surface area contributed by atoms with E-state index >= 15 is 0 Å². The van der Waals surface area contributed by atoms with Crippen LogP contribution < -0.4 is 5.69 Å². The number of halogens is 1. The maximum Gasteiger partial charge on any atom is 0.323 e. The molecule has 0 spiro atoms. The largest absolute Gasteiger partial charge is 0.396 e. The number of aliphatic hydroxyl groups excluding tert-OH is 1. The Morgan fingerprint density at radius 3 is 2.85 bits per heavy atom. The van der Waals surface area contributed by atoms with Gasteiger partial charge in [-0.2, -0.15) is 0 Å². The monoisotopic (exact) mass is 336 g/mol. The van der Waals surface area contributed by atoms with Crippen LogP contribution in [0, 0.1) is 0 Å². The third-order valence-corrected chi connectivity index (χ3v) is 3.82. The third kappa shape index (κ3) is 2.08. The Labute approximate surface area is 122 Å². The molecule has 3 aromatic rings. The molecule has 2 aromatic heterocycles. The molecule has 0 saturated carbocycles. The van der Waals surface area contributed by atoms with E-state index < -0.39 is 0 Å². The molecule has 20 heavy (non-hydrogen) atoms. The quantitative estimate of drug-likeness (QED) is 0.678. The number of imidazole rings is 2. The zero-order valence-corrected chi connectivity index (χ0v) is 12.4. The normalized spacial score (nSPS) is 11.3. The predicted octanol–water partition coefficient (Wildman–Crippen LogP) is 1.55. The van der Waals surface area contributed by atoms with E-state index in [1.807, 2.05) is 29.8 Å². The number of rotatable bonds is 3. The summed E-state index contributed by atoms with van der Waals surface area (Å²) >= 11 is 3.45. The first kappa shape index (κ1) is 13.1. The van der Waals surface area contributed by atoms with Gasteiger partial charge in [0.25, 0.3) is 0 Å². The van der Waals surface area contributed by atoms with Crippen molar-refractivity contribution in [3.05, 3.63) is 39.1 Å². The van der Waals surface area contributed by atoms with Gasteiger partial charge >= 0.3 is 5.69 Å². The average molecular weight is 337 g/mol. The molecule has 3 N–H and O–H groups in total. The minimum atomic E-state index is -0.220. The lowest BCUT2D eigenvalue weighted by molar-refractivity contribution is 0.295. The molecule has 0 aliphatic rings. The Morgan fingerprint density at radius 1 is 1.35 bits per heavy atom. The number of aromatic nitrogens is 4. The molecule has 0 aliphatic carbocycles. The van der Waals surface area contributed by atoms with Crippen molar-refractivity contribution in [3.63, 3.8) is 0 Å². The smallest absolute Gasteiger partial charge is 0.323 e. The maximum absolute atomic E-state index is 11.3. The van der Waals surface area contributed by atoms with Crippen LogP contribution in [-0.4, -0.2) is 31.2 Å². The molecular formula is C13H13BrN4O2. The topological polar surface area (TPSA) is 86.7 Å². The minimum absolute atomic E-state index is 0.0564. The number of aliphatic hydroxyl groups is 1. The summed E-state index contributed by atoms with van der Waals surface area (Å²) in [4.78, 5) is 21.2. The molecule has 0 fully saturated rings. The van der Waals surface area contributed by atoms with Crippen LogP contribution in [0.3, 0.4) is 0 Å². The van der Waals surface area contributed by atoms with Crippen LogP contribution in [-0.2, 0) is 13.5 Å². The van der Waals surface area contributed by atoms with E-state index in [1.165, 1.54) is 0 Å². The van der Waals surface area contributed by atoms with Crippen molar-refractivity contribution in [2.24, 2.45) is 7.05 Å². The summed E-state index contributed by atoms with van der Waals surface area (Å²) in [5, 5.41) is 9.05. The van der Waals surface area contributed by atoms with Gasteiger partial charge < -0.3 is 19.6 Å². The molecule has 3 rings (SSSR count). The second-order valence-corrected chi connectivity index (χ2v) is 5.29. The standard InChI is InChI=1S/C13H13BrN4O2/c1-18-10(4-5-19)17-12(14)11(18)7-2-3-8-9(6-7)16-13(20)15-8/h2-3,6,19H,4-5H2,1H3,(H2,15,16,20). The van der Waals surface area contributed by atoms with E-state index in [0.717, 1.165) is 32.7 Å². The Kier molecular flexibility index (Phi) is 3.23. The molecule has 0 unspecified atom stereocenters. The van der Waals surface area contributed by atoms with Gasteiger partial charge in [-0.05, 0) is 28.1 Å². The van der Waals surface area contributed by atoms with Crippen LogP contribution in [0.4, 0.5) is 0 Å². The van der Waals surface area contributed by atoms with Crippen molar-refractivity contribution < 1.29 is 5.11 Å². The molecule has 0 radical (unpaired) electrons. The Balaban J connectivity index is 2.17. The van der Waals surface area contributed by atoms with Crippen LogP contribution in [0.2, 0.25) is 0 Å². The molecule has 6 nitrogen and oxygen atoms in total. The highest BCUT2D eigenvalue weighted by Gasteiger charge is 2.14. The summed E-state index contributed by atoms with van der Waals surface area (Å²) in [6.45, 7) is 0.0564. The number of H-pyrrole nitrogens is 2. The number of nitrogens with zero attached hydrogens (tertiary/aromatic N) is 2. The molecule has 1 aromatic carbocycles. The summed E-state index contributed by atoms with van der Waals surface area (Å²) in [6.07, 6.45) is 0.498. The van der Waals surface area contributed by atoms with Crippen LogP contribution in [0.25, 0.3) is 22.3 Å². The molecular weight excluding hydrogens is 324 g/mol. The minimum Gasteiger partial charge on any atom is -0.396 e. The van der Waals surface area contributed by atoms with E-state index in [1.54, 1.807) is 0 Å². The van der Waals surface area contributed by atoms with Crippen molar-refractivity contribution in [1.82, 2.24) is 19.5 Å². The van der Waals surface area contributed by atoms with Crippen LogP contribution in [0.1, 0.15) is 5.82 Å². The summed E-state index contributed by atoms with van der Waals surface area (Å²) < 4.78 is 2.66. The molecule has 2 heterocycles. The fourth-order valence-corrected chi connectivity index (χ4v) is 3.02. The Morgan fingerprint density at radius 2 is 2.10 bits per heavy atom. The van der Waals surface area contributed by atoms with Gasteiger partial charge in [-0.1, -0.05) is 6.07 Å². The predicted molar refractivity (Wildman–Crippen MR) is 79.6 cm³/mol. The number of benzene rings is 1. The van der Waals surface area contributed by atoms with Gasteiger partial charge in [0, 0.05) is 19.0 Å². The van der Waals surface area contributed by atoms with Gasteiger partial charge in [-0.15, -0.1) is 0 Å². The highest BCUT2D eigenvalue weighted by Crippen LogP contribution is 2.30. The Hall–Kier alpha value is -1.86. The van der Waals surface area contributed by atoms with E-state index in [9.17, 15) is 4.79 Å². The van der Waals surface area contributed by atoms with Crippen molar-refractivity contribution in [3.8, 4) is 11.3 Å². The second kappa shape index (κ2) is 4.92. The Bertz CT molecular complexity index is 831. The van der Waals surface area contributed by atoms with E-state index in [4.69, 9.17) is 5.11 Å². The number of aromatic amines is 2. The summed E-state index contributed by atoms with van der Waals surface area (Å²) in [5.41, 5.74) is 3.16. The van der Waals surface area contributed by atoms with E-state index in [0.29, 0.717) is 6.42 Å². The van der Waals surface area contributed by atoms with Gasteiger partial charge in [0.2, 0.25) is 0 Å². The molecule has 0 bridgehead atoms. The molecule has 7 heteroatoms. The van der Waals surface area contributed by atoms with Crippen molar-refractivity contribution in [1.29, 1.82) is 0 Å². The van der Waals surface area contributed by atoms with Crippen LogP contribution in [0.15, 0.2) is 27.6 Å². The lowest BCUT2D eigenvalue weighted by Crippen LogP contribution is -2.02. The molecule has 0 saturated heterocycles. The van der Waals surface area contributed by atoms with Gasteiger partial charge in [0.1, 0.15) is 10.4 Å². The lowest BCUT2D eigenvalue weighted by Gasteiger charge is -2.06. The van der Waals surface area contributed by atoms with Crippen molar-refractivity contribution >= 4 is 27.0 Å². The van der Waals surface area contributed by atoms with Crippen molar-refractivity contribution in [2.45, 2.75) is 6.42 Å². The highest BCUT2D eigenvalue weighted by atomic mass is 79.9. The maximum atomic E-state index is 11.3. The van der Waals surface area contributed by atoms with Crippen molar-refractivity contribution in [2.75, 3.05) is 6.61 Å². The summed E-state index contributed by atoms with van der Waals surface area (Å²) in [6, 6.07) is 5.68. The van der Waals surface area contributed by atoms with Crippen LogP contribution in [0.5, 0.6) is 0 Å². The fraction of sp³-hybridized carbons (Fsp3) is 0.231. The van der Waals surface area contributed by atoms with Gasteiger partial charge in [-0.25, -0.2) is 9.78 Å². The number of hydrogen-bond donors (Lipinski definition) is 3. The third-order valence-electron chi connectivity index (χ3n) is 3.27. The van der Waals surface area contributed by atoms with Gasteiger partial charge in [0.15, 0.2) is 0 Å². The summed E-state index contributed by atoms with van der Waals surface area (Å²) in [5.74, 6) is 0.803. The van der Waals surface area contributed by atoms with Crippen LogP contribution >= 0.6 is 15.9 Å². The first-order valence-corrected chi connectivity index (χ1v) is 6.94. The first-order valence-electron chi connectivity index (χ1n) is 6.14. The summed E-state index contributed by atoms with van der Waals surface area (Å²) in [7, 11) is 1.90. The molecule has 0 amide bonds.